The Morgan fingerprint density at radius 3 is 2.50 bits per heavy atom. The number of rotatable bonds is 4. The van der Waals surface area contributed by atoms with Crippen LogP contribution in [0.3, 0.4) is 0 Å². The molecular formula is C22H36O6. The highest BCUT2D eigenvalue weighted by Gasteiger charge is 2.69. The number of ketones is 1. The molecule has 160 valence electrons. The lowest BCUT2D eigenvalue weighted by atomic mass is 9.43. The molecule has 3 N–H and O–H groups in total. The van der Waals surface area contributed by atoms with Gasteiger partial charge in [-0.15, -0.1) is 0 Å². The SMILES string of the molecule is CC[C@]1(C)C[C@@H](OC(=O)CO)[C@@]2(C)C3C(=O)CCC3(CC[C@H]2C)C(CO)C1O. The van der Waals surface area contributed by atoms with Gasteiger partial charge in [0.1, 0.15) is 18.5 Å². The fraction of sp³-hybridized carbons (Fsp3) is 0.909. The smallest absolute Gasteiger partial charge is 0.332 e. The first-order valence-electron chi connectivity index (χ1n) is 10.7. The molecule has 8 atom stereocenters. The molecule has 3 rings (SSSR count). The molecule has 3 aliphatic rings. The summed E-state index contributed by atoms with van der Waals surface area (Å²) in [5, 5.41) is 31.1. The number of aliphatic hydroxyl groups is 3. The minimum absolute atomic E-state index is 0.147. The summed E-state index contributed by atoms with van der Waals surface area (Å²) >= 11 is 0. The topological polar surface area (TPSA) is 104 Å². The minimum atomic E-state index is -0.788. The van der Waals surface area contributed by atoms with Crippen LogP contribution in [-0.4, -0.2) is 52.5 Å². The monoisotopic (exact) mass is 396 g/mol. The Bertz CT molecular complexity index is 635. The number of hydrogen-bond acceptors (Lipinski definition) is 6. The lowest BCUT2D eigenvalue weighted by Crippen LogP contribution is -2.64. The fourth-order valence-corrected chi connectivity index (χ4v) is 6.93. The van der Waals surface area contributed by atoms with E-state index < -0.39 is 41.0 Å². The first kappa shape index (κ1) is 21.7. The number of hydrogen-bond donors (Lipinski definition) is 3. The van der Waals surface area contributed by atoms with E-state index in [2.05, 4.69) is 13.8 Å². The molecule has 0 aromatic heterocycles. The predicted octanol–water partition coefficient (Wildman–Crippen LogP) is 2.08. The van der Waals surface area contributed by atoms with E-state index in [1.165, 1.54) is 0 Å². The third kappa shape index (κ3) is 2.86. The molecular weight excluding hydrogens is 360 g/mol. The molecule has 0 aromatic rings. The van der Waals surface area contributed by atoms with Gasteiger partial charge in [0.05, 0.1) is 6.10 Å². The van der Waals surface area contributed by atoms with E-state index in [1.807, 2.05) is 13.8 Å². The molecule has 4 unspecified atom stereocenters. The maximum Gasteiger partial charge on any atom is 0.332 e. The second-order valence-corrected chi connectivity index (χ2v) is 10.0. The van der Waals surface area contributed by atoms with Crippen molar-refractivity contribution in [3.8, 4) is 0 Å². The van der Waals surface area contributed by atoms with Crippen LogP contribution in [-0.2, 0) is 14.3 Å². The van der Waals surface area contributed by atoms with Gasteiger partial charge in [-0.3, -0.25) is 4.79 Å². The summed E-state index contributed by atoms with van der Waals surface area (Å²) in [6.07, 6.45) is 2.49. The normalized spacial score (nSPS) is 48.5. The number of aliphatic hydroxyl groups excluding tert-OH is 3. The summed E-state index contributed by atoms with van der Waals surface area (Å²) in [5.41, 5.74) is -1.61. The van der Waals surface area contributed by atoms with Crippen molar-refractivity contribution in [3.63, 3.8) is 0 Å². The molecule has 0 aromatic carbocycles. The van der Waals surface area contributed by atoms with Crippen LogP contribution in [0.25, 0.3) is 0 Å². The molecule has 3 aliphatic carbocycles. The van der Waals surface area contributed by atoms with Gasteiger partial charge in [0.25, 0.3) is 0 Å². The Balaban J connectivity index is 2.22. The van der Waals surface area contributed by atoms with Gasteiger partial charge in [0.2, 0.25) is 0 Å². The number of ether oxygens (including phenoxy) is 1. The lowest BCUT2D eigenvalue weighted by molar-refractivity contribution is -0.219. The van der Waals surface area contributed by atoms with Crippen molar-refractivity contribution in [1.29, 1.82) is 0 Å². The highest BCUT2D eigenvalue weighted by Crippen LogP contribution is 2.68. The molecule has 0 amide bonds. The standard InChI is InChI=1S/C22H36O6/c1-5-20(3)10-16(28-17(26)12-24)21(4)13(2)6-8-22(14(11-23)19(20)27)9-7-15(25)18(21)22/h13-14,16,18-19,23-24,27H,5-12H2,1-4H3/t13-,14?,16-,18?,19?,20-,21+,22?/m1/s1. The average Bonchev–Trinajstić information content (AvgIpc) is 3.02. The Labute approximate surface area is 167 Å². The van der Waals surface area contributed by atoms with E-state index in [0.29, 0.717) is 25.7 Å². The molecule has 0 radical (unpaired) electrons. The van der Waals surface area contributed by atoms with Crippen LogP contribution >= 0.6 is 0 Å². The van der Waals surface area contributed by atoms with Crippen LogP contribution < -0.4 is 0 Å². The zero-order valence-electron chi connectivity index (χ0n) is 17.6. The van der Waals surface area contributed by atoms with E-state index in [0.717, 1.165) is 12.8 Å². The van der Waals surface area contributed by atoms with Gasteiger partial charge in [-0.1, -0.05) is 27.7 Å². The van der Waals surface area contributed by atoms with E-state index in [1.54, 1.807) is 0 Å². The van der Waals surface area contributed by atoms with Crippen molar-refractivity contribution in [3.05, 3.63) is 0 Å². The Hall–Kier alpha value is -0.980. The molecule has 3 fully saturated rings. The lowest BCUT2D eigenvalue weighted by Gasteiger charge is -2.62. The number of carbonyl (C=O) groups is 2. The highest BCUT2D eigenvalue weighted by molar-refractivity contribution is 5.85. The van der Waals surface area contributed by atoms with Crippen LogP contribution in [0.4, 0.5) is 0 Å². The molecule has 3 saturated carbocycles. The van der Waals surface area contributed by atoms with Gasteiger partial charge in [-0.05, 0) is 48.9 Å². The van der Waals surface area contributed by atoms with Gasteiger partial charge in [0, 0.05) is 30.3 Å². The number of Topliss-reactive ketones (excluding diaryl/α,β-unsaturated/α-hetero) is 1. The second-order valence-electron chi connectivity index (χ2n) is 10.0. The van der Waals surface area contributed by atoms with Gasteiger partial charge >= 0.3 is 5.97 Å². The third-order valence-electron chi connectivity index (χ3n) is 9.05. The number of esters is 1. The van der Waals surface area contributed by atoms with Gasteiger partial charge in [-0.2, -0.15) is 0 Å². The van der Waals surface area contributed by atoms with Crippen LogP contribution in [0.5, 0.6) is 0 Å². The van der Waals surface area contributed by atoms with E-state index in [-0.39, 0.29) is 30.1 Å². The fourth-order valence-electron chi connectivity index (χ4n) is 6.93. The van der Waals surface area contributed by atoms with Crippen LogP contribution in [0.15, 0.2) is 0 Å². The van der Waals surface area contributed by atoms with Crippen LogP contribution in [0.1, 0.15) is 66.2 Å². The summed E-state index contributed by atoms with van der Waals surface area (Å²) in [6.45, 7) is 7.31. The van der Waals surface area contributed by atoms with Crippen molar-refractivity contribution >= 4 is 11.8 Å². The van der Waals surface area contributed by atoms with Crippen molar-refractivity contribution < 1.29 is 29.6 Å². The molecule has 6 heteroatoms. The summed E-state index contributed by atoms with van der Waals surface area (Å²) in [4.78, 5) is 25.3. The molecule has 0 spiro atoms. The summed E-state index contributed by atoms with van der Waals surface area (Å²) in [7, 11) is 0. The molecule has 28 heavy (non-hydrogen) atoms. The predicted molar refractivity (Wildman–Crippen MR) is 103 cm³/mol. The quantitative estimate of drug-likeness (QED) is 0.629. The first-order valence-corrected chi connectivity index (χ1v) is 10.7. The highest BCUT2D eigenvalue weighted by atomic mass is 16.6. The Morgan fingerprint density at radius 1 is 1.25 bits per heavy atom. The molecule has 0 aliphatic heterocycles. The maximum atomic E-state index is 13.2. The average molecular weight is 397 g/mol. The van der Waals surface area contributed by atoms with Crippen molar-refractivity contribution in [2.45, 2.75) is 78.4 Å². The molecule has 6 nitrogen and oxygen atoms in total. The molecule has 2 bridgehead atoms. The van der Waals surface area contributed by atoms with Gasteiger partial charge in [-0.25, -0.2) is 4.79 Å². The zero-order valence-corrected chi connectivity index (χ0v) is 17.6. The van der Waals surface area contributed by atoms with Gasteiger partial charge in [0.15, 0.2) is 0 Å². The first-order chi connectivity index (χ1) is 13.1. The second kappa shape index (κ2) is 7.37. The maximum absolute atomic E-state index is 13.2. The third-order valence-corrected chi connectivity index (χ3v) is 9.05. The van der Waals surface area contributed by atoms with Gasteiger partial charge < -0.3 is 20.1 Å². The van der Waals surface area contributed by atoms with Crippen molar-refractivity contribution in [1.82, 2.24) is 0 Å². The van der Waals surface area contributed by atoms with E-state index in [4.69, 9.17) is 4.74 Å². The Kier molecular flexibility index (Phi) is 5.72. The van der Waals surface area contributed by atoms with E-state index in [9.17, 15) is 24.9 Å². The summed E-state index contributed by atoms with van der Waals surface area (Å²) in [6, 6.07) is 0. The minimum Gasteiger partial charge on any atom is -0.460 e. The van der Waals surface area contributed by atoms with E-state index >= 15 is 0 Å². The molecule has 0 heterocycles. The van der Waals surface area contributed by atoms with Crippen LogP contribution in [0, 0.1) is 34.0 Å². The summed E-state index contributed by atoms with van der Waals surface area (Å²) in [5.74, 6) is -1.10. The largest absolute Gasteiger partial charge is 0.460 e. The van der Waals surface area contributed by atoms with Crippen molar-refractivity contribution in [2.75, 3.05) is 13.2 Å². The molecule has 0 saturated heterocycles. The Morgan fingerprint density at radius 2 is 1.93 bits per heavy atom. The zero-order chi connectivity index (χ0) is 20.9. The van der Waals surface area contributed by atoms with Crippen molar-refractivity contribution in [2.24, 2.45) is 34.0 Å². The number of carbonyl (C=O) groups excluding carboxylic acids is 2. The van der Waals surface area contributed by atoms with Crippen LogP contribution in [0.2, 0.25) is 0 Å². The summed E-state index contributed by atoms with van der Waals surface area (Å²) < 4.78 is 5.79.